The van der Waals surface area contributed by atoms with Crippen LogP contribution in [0.3, 0.4) is 0 Å². The average molecular weight is 208 g/mol. The molecule has 2 rings (SSSR count). The van der Waals surface area contributed by atoms with Gasteiger partial charge in [-0.25, -0.2) is 4.98 Å². The van der Waals surface area contributed by atoms with Gasteiger partial charge < -0.3 is 9.67 Å². The maximum Gasteiger partial charge on any atom is 0.314 e. The molecule has 0 aliphatic carbocycles. The number of aryl methyl sites for hydroxylation is 1. The molecule has 1 aliphatic heterocycles. The van der Waals surface area contributed by atoms with Crippen molar-refractivity contribution >= 4 is 5.97 Å². The number of hydrogen-bond acceptors (Lipinski definition) is 2. The molecule has 0 amide bonds. The molecule has 0 unspecified atom stereocenters. The molecule has 2 heterocycles. The van der Waals surface area contributed by atoms with Crippen LogP contribution in [0.15, 0.2) is 6.20 Å². The minimum atomic E-state index is -0.753. The van der Waals surface area contributed by atoms with Gasteiger partial charge >= 0.3 is 5.97 Å². The van der Waals surface area contributed by atoms with Crippen molar-refractivity contribution < 1.29 is 9.90 Å². The molecular formula is C11H16N2O2. The first-order valence-electron chi connectivity index (χ1n) is 5.39. The molecule has 15 heavy (non-hydrogen) atoms. The predicted octanol–water partition coefficient (Wildman–Crippen LogP) is 1.97. The number of carboxylic acids is 1. The molecule has 0 saturated heterocycles. The quantitative estimate of drug-likeness (QED) is 0.808. The van der Waals surface area contributed by atoms with Crippen molar-refractivity contribution in [3.63, 3.8) is 0 Å². The van der Waals surface area contributed by atoms with Gasteiger partial charge in [-0.3, -0.25) is 4.79 Å². The Labute approximate surface area is 88.9 Å². The lowest BCUT2D eigenvalue weighted by Crippen LogP contribution is -2.21. The van der Waals surface area contributed by atoms with Gasteiger partial charge in [-0.05, 0) is 18.8 Å². The van der Waals surface area contributed by atoms with Gasteiger partial charge in [-0.15, -0.1) is 0 Å². The molecule has 0 saturated carbocycles. The smallest absolute Gasteiger partial charge is 0.314 e. The minimum absolute atomic E-state index is 0.359. The van der Waals surface area contributed by atoms with E-state index in [-0.39, 0.29) is 0 Å². The maximum atomic E-state index is 11.0. The summed E-state index contributed by atoms with van der Waals surface area (Å²) in [6.45, 7) is 5.05. The van der Waals surface area contributed by atoms with Crippen molar-refractivity contribution in [3.05, 3.63) is 17.7 Å². The average Bonchev–Trinajstić information content (AvgIpc) is 2.60. The van der Waals surface area contributed by atoms with Crippen molar-refractivity contribution in [2.45, 2.75) is 45.1 Å². The molecule has 4 heteroatoms. The van der Waals surface area contributed by atoms with Gasteiger partial charge in [0.25, 0.3) is 0 Å². The summed E-state index contributed by atoms with van der Waals surface area (Å²) < 4.78 is 2.00. The van der Waals surface area contributed by atoms with Crippen LogP contribution in [0.5, 0.6) is 0 Å². The van der Waals surface area contributed by atoms with Crippen LogP contribution in [0.25, 0.3) is 0 Å². The Hall–Kier alpha value is -1.32. The van der Waals surface area contributed by atoms with Gasteiger partial charge in [0.05, 0.1) is 5.69 Å². The predicted molar refractivity (Wildman–Crippen MR) is 55.9 cm³/mol. The fourth-order valence-electron chi connectivity index (χ4n) is 2.02. The van der Waals surface area contributed by atoms with Crippen molar-refractivity contribution in [2.24, 2.45) is 0 Å². The lowest BCUT2D eigenvalue weighted by molar-refractivity contribution is -0.139. The molecular weight excluding hydrogens is 192 g/mol. The topological polar surface area (TPSA) is 55.1 Å². The monoisotopic (exact) mass is 208 g/mol. The summed E-state index contributed by atoms with van der Waals surface area (Å²) in [4.78, 5) is 15.5. The van der Waals surface area contributed by atoms with E-state index in [1.54, 1.807) is 0 Å². The van der Waals surface area contributed by atoms with Crippen LogP contribution in [0.2, 0.25) is 0 Å². The van der Waals surface area contributed by atoms with E-state index in [4.69, 9.17) is 5.11 Å². The zero-order chi connectivity index (χ0) is 11.0. The highest BCUT2D eigenvalue weighted by molar-refractivity contribution is 5.75. The number of rotatable bonds is 2. The Kier molecular flexibility index (Phi) is 2.50. The second-order valence-corrected chi connectivity index (χ2v) is 4.41. The summed E-state index contributed by atoms with van der Waals surface area (Å²) in [5.74, 6) is -0.0712. The third-order valence-electron chi connectivity index (χ3n) is 2.92. The number of carboxylic acid groups (broad SMARTS) is 1. The highest BCUT2D eigenvalue weighted by Gasteiger charge is 2.28. The van der Waals surface area contributed by atoms with Crippen LogP contribution in [0, 0.1) is 0 Å². The zero-order valence-corrected chi connectivity index (χ0v) is 9.10. The molecule has 0 bridgehead atoms. The van der Waals surface area contributed by atoms with Crippen molar-refractivity contribution in [2.75, 3.05) is 0 Å². The Bertz CT molecular complexity index is 382. The molecule has 1 N–H and O–H groups in total. The van der Waals surface area contributed by atoms with Gasteiger partial charge in [0, 0.05) is 12.7 Å². The van der Waals surface area contributed by atoms with E-state index in [0.717, 1.165) is 24.5 Å². The summed E-state index contributed by atoms with van der Waals surface area (Å²) >= 11 is 0. The summed E-state index contributed by atoms with van der Waals surface area (Å²) in [5, 5.41) is 9.08. The number of aliphatic carboxylic acids is 1. The Morgan fingerprint density at radius 3 is 3.00 bits per heavy atom. The summed E-state index contributed by atoms with van der Waals surface area (Å²) in [6.07, 6.45) is 3.64. The van der Waals surface area contributed by atoms with Crippen LogP contribution in [0.4, 0.5) is 0 Å². The van der Waals surface area contributed by atoms with Crippen LogP contribution in [-0.4, -0.2) is 20.6 Å². The van der Waals surface area contributed by atoms with E-state index < -0.39 is 11.9 Å². The minimum Gasteiger partial charge on any atom is -0.481 e. The number of imidazole rings is 1. The lowest BCUT2D eigenvalue weighted by Gasteiger charge is -2.19. The maximum absolute atomic E-state index is 11.0. The highest BCUT2D eigenvalue weighted by Crippen LogP contribution is 2.28. The Morgan fingerprint density at radius 1 is 1.67 bits per heavy atom. The third-order valence-corrected chi connectivity index (χ3v) is 2.92. The first kappa shape index (κ1) is 10.2. The second kappa shape index (κ2) is 3.68. The SMILES string of the molecule is CC(C)c1cn2c(n1)[C@@H](C(=O)O)CCC2. The van der Waals surface area contributed by atoms with Gasteiger partial charge in [0.1, 0.15) is 11.7 Å². The fourth-order valence-corrected chi connectivity index (χ4v) is 2.02. The van der Waals surface area contributed by atoms with Crippen molar-refractivity contribution in [1.82, 2.24) is 9.55 Å². The standard InChI is InChI=1S/C11H16N2O2/c1-7(2)9-6-13-5-3-4-8(11(14)15)10(13)12-9/h6-8H,3-5H2,1-2H3,(H,14,15)/t8-/m0/s1. The van der Waals surface area contributed by atoms with E-state index in [1.165, 1.54) is 0 Å². The molecule has 0 radical (unpaired) electrons. The number of nitrogens with zero attached hydrogens (tertiary/aromatic N) is 2. The summed E-state index contributed by atoms with van der Waals surface area (Å²) in [7, 11) is 0. The summed E-state index contributed by atoms with van der Waals surface area (Å²) in [6, 6.07) is 0. The van der Waals surface area contributed by atoms with Crippen molar-refractivity contribution in [3.8, 4) is 0 Å². The van der Waals surface area contributed by atoms with Crippen LogP contribution in [0.1, 0.15) is 50.0 Å². The van der Waals surface area contributed by atoms with Crippen LogP contribution in [-0.2, 0) is 11.3 Å². The van der Waals surface area contributed by atoms with Gasteiger partial charge in [-0.2, -0.15) is 0 Å². The molecule has 1 atom stereocenters. The molecule has 0 spiro atoms. The van der Waals surface area contributed by atoms with E-state index in [1.807, 2.05) is 10.8 Å². The van der Waals surface area contributed by atoms with E-state index in [9.17, 15) is 4.79 Å². The van der Waals surface area contributed by atoms with E-state index >= 15 is 0 Å². The van der Waals surface area contributed by atoms with Crippen molar-refractivity contribution in [1.29, 1.82) is 0 Å². The van der Waals surface area contributed by atoms with Crippen LogP contribution < -0.4 is 0 Å². The fraction of sp³-hybridized carbons (Fsp3) is 0.636. The molecule has 1 aromatic rings. The molecule has 0 aromatic carbocycles. The molecule has 0 fully saturated rings. The largest absolute Gasteiger partial charge is 0.481 e. The van der Waals surface area contributed by atoms with Crippen LogP contribution >= 0.6 is 0 Å². The van der Waals surface area contributed by atoms with E-state index in [2.05, 4.69) is 18.8 Å². The normalized spacial score (nSPS) is 20.3. The second-order valence-electron chi connectivity index (χ2n) is 4.41. The third kappa shape index (κ3) is 1.76. The molecule has 4 nitrogen and oxygen atoms in total. The van der Waals surface area contributed by atoms with Gasteiger partial charge in [0.2, 0.25) is 0 Å². The van der Waals surface area contributed by atoms with Gasteiger partial charge in [0.15, 0.2) is 0 Å². The Morgan fingerprint density at radius 2 is 2.40 bits per heavy atom. The number of carbonyl (C=O) groups is 1. The van der Waals surface area contributed by atoms with Gasteiger partial charge in [-0.1, -0.05) is 13.8 Å². The number of fused-ring (bicyclic) bond motifs is 1. The van der Waals surface area contributed by atoms with E-state index in [0.29, 0.717) is 12.3 Å². The highest BCUT2D eigenvalue weighted by atomic mass is 16.4. The Balaban J connectivity index is 2.38. The summed E-state index contributed by atoms with van der Waals surface area (Å²) in [5.41, 5.74) is 0.998. The molecule has 1 aliphatic rings. The molecule has 82 valence electrons. The first-order valence-corrected chi connectivity index (χ1v) is 5.39. The number of aromatic nitrogens is 2. The first-order chi connectivity index (χ1) is 7.09. The lowest BCUT2D eigenvalue weighted by atomic mass is 9.99. The molecule has 1 aromatic heterocycles. The zero-order valence-electron chi connectivity index (χ0n) is 9.10. The number of hydrogen-bond donors (Lipinski definition) is 1.